The molecule has 2 aliphatic rings. The van der Waals surface area contributed by atoms with E-state index in [4.69, 9.17) is 10.5 Å². The molecule has 1 aliphatic carbocycles. The fourth-order valence-corrected chi connectivity index (χ4v) is 2.89. The summed E-state index contributed by atoms with van der Waals surface area (Å²) in [6.45, 7) is 1.23. The number of ether oxygens (including phenoxy) is 1. The van der Waals surface area contributed by atoms with Crippen LogP contribution in [0.5, 0.6) is 0 Å². The van der Waals surface area contributed by atoms with Crippen molar-refractivity contribution < 1.29 is 19.4 Å². The molecule has 2 rings (SSSR count). The van der Waals surface area contributed by atoms with Crippen LogP contribution in [0.1, 0.15) is 38.5 Å². The fourth-order valence-electron chi connectivity index (χ4n) is 2.89. The van der Waals surface area contributed by atoms with Gasteiger partial charge in [0.2, 0.25) is 5.91 Å². The standard InChI is InChI=1S/C13H22N2O4/c14-9-12(2-1-3-12)8-10(16)15-13(11(17)18)4-6-19-7-5-13/h1-9,14H2,(H,15,16)(H,17,18). The Morgan fingerprint density at radius 1 is 1.21 bits per heavy atom. The molecule has 0 spiro atoms. The number of rotatable bonds is 5. The molecule has 0 aromatic carbocycles. The molecule has 0 aromatic rings. The molecule has 1 aliphatic heterocycles. The number of hydrogen-bond donors (Lipinski definition) is 3. The average Bonchev–Trinajstić information content (AvgIpc) is 2.35. The Kier molecular flexibility index (Phi) is 4.10. The molecule has 0 unspecified atom stereocenters. The van der Waals surface area contributed by atoms with Crippen molar-refractivity contribution in [1.29, 1.82) is 0 Å². The molecule has 1 amide bonds. The highest BCUT2D eigenvalue weighted by Gasteiger charge is 2.44. The minimum absolute atomic E-state index is 0.102. The van der Waals surface area contributed by atoms with Crippen LogP contribution in [-0.2, 0) is 14.3 Å². The normalized spacial score (nSPS) is 24.3. The molecular formula is C13H22N2O4. The summed E-state index contributed by atoms with van der Waals surface area (Å²) in [6, 6.07) is 0. The van der Waals surface area contributed by atoms with Crippen molar-refractivity contribution in [2.24, 2.45) is 11.1 Å². The SMILES string of the molecule is NCC1(CC(=O)NC2(C(=O)O)CCOCC2)CCC1. The maximum atomic E-state index is 12.1. The van der Waals surface area contributed by atoms with Gasteiger partial charge in [0, 0.05) is 32.5 Å². The van der Waals surface area contributed by atoms with Gasteiger partial charge in [-0.15, -0.1) is 0 Å². The van der Waals surface area contributed by atoms with Gasteiger partial charge < -0.3 is 20.9 Å². The highest BCUT2D eigenvalue weighted by atomic mass is 16.5. The van der Waals surface area contributed by atoms with E-state index in [-0.39, 0.29) is 11.3 Å². The zero-order chi connectivity index (χ0) is 13.9. The van der Waals surface area contributed by atoms with E-state index in [9.17, 15) is 14.7 Å². The predicted octanol–water partition coefficient (Wildman–Crippen LogP) is 0.256. The van der Waals surface area contributed by atoms with Gasteiger partial charge in [-0.3, -0.25) is 4.79 Å². The van der Waals surface area contributed by atoms with Crippen LogP contribution in [-0.4, -0.2) is 42.3 Å². The lowest BCUT2D eigenvalue weighted by atomic mass is 9.66. The van der Waals surface area contributed by atoms with Crippen molar-refractivity contribution in [2.75, 3.05) is 19.8 Å². The summed E-state index contributed by atoms with van der Waals surface area (Å²) in [4.78, 5) is 23.6. The van der Waals surface area contributed by atoms with Gasteiger partial charge in [0.15, 0.2) is 0 Å². The summed E-state index contributed by atoms with van der Waals surface area (Å²) >= 11 is 0. The summed E-state index contributed by atoms with van der Waals surface area (Å²) in [6.07, 6.45) is 4.00. The number of nitrogens with one attached hydrogen (secondary N) is 1. The van der Waals surface area contributed by atoms with Gasteiger partial charge in [-0.25, -0.2) is 4.79 Å². The highest BCUT2D eigenvalue weighted by Crippen LogP contribution is 2.43. The third-order valence-corrected chi connectivity index (χ3v) is 4.52. The maximum Gasteiger partial charge on any atom is 0.329 e. The first-order valence-corrected chi connectivity index (χ1v) is 6.84. The minimum Gasteiger partial charge on any atom is -0.480 e. The number of hydrogen-bond acceptors (Lipinski definition) is 4. The smallest absolute Gasteiger partial charge is 0.329 e. The topological polar surface area (TPSA) is 102 Å². The third-order valence-electron chi connectivity index (χ3n) is 4.52. The first-order valence-electron chi connectivity index (χ1n) is 6.84. The quantitative estimate of drug-likeness (QED) is 0.665. The molecular weight excluding hydrogens is 248 g/mol. The number of nitrogens with two attached hydrogens (primary N) is 1. The van der Waals surface area contributed by atoms with Crippen molar-refractivity contribution >= 4 is 11.9 Å². The van der Waals surface area contributed by atoms with E-state index in [1.165, 1.54) is 0 Å². The Morgan fingerprint density at radius 3 is 2.26 bits per heavy atom. The number of carbonyl (C=O) groups excluding carboxylic acids is 1. The summed E-state index contributed by atoms with van der Waals surface area (Å²) in [7, 11) is 0. The number of carboxylic acids is 1. The molecule has 1 heterocycles. The number of carbonyl (C=O) groups is 2. The van der Waals surface area contributed by atoms with Crippen molar-refractivity contribution in [3.05, 3.63) is 0 Å². The lowest BCUT2D eigenvalue weighted by Gasteiger charge is -2.41. The molecule has 0 atom stereocenters. The van der Waals surface area contributed by atoms with Crippen LogP contribution in [0.2, 0.25) is 0 Å². The van der Waals surface area contributed by atoms with E-state index in [1.54, 1.807) is 0 Å². The zero-order valence-electron chi connectivity index (χ0n) is 11.1. The third kappa shape index (κ3) is 2.90. The number of carboxylic acid groups (broad SMARTS) is 1. The molecule has 19 heavy (non-hydrogen) atoms. The summed E-state index contributed by atoms with van der Waals surface area (Å²) in [5.41, 5.74) is 4.47. The molecule has 4 N–H and O–H groups in total. The Labute approximate surface area is 112 Å². The number of aliphatic carboxylic acids is 1. The van der Waals surface area contributed by atoms with E-state index < -0.39 is 11.5 Å². The molecule has 0 radical (unpaired) electrons. The minimum atomic E-state index is -1.16. The first-order chi connectivity index (χ1) is 9.02. The second-order valence-corrected chi connectivity index (χ2v) is 5.78. The monoisotopic (exact) mass is 270 g/mol. The summed E-state index contributed by atoms with van der Waals surface area (Å²) < 4.78 is 5.18. The van der Waals surface area contributed by atoms with E-state index in [0.717, 1.165) is 19.3 Å². The molecule has 6 heteroatoms. The highest BCUT2D eigenvalue weighted by molar-refractivity contribution is 5.87. The van der Waals surface area contributed by atoms with Crippen molar-refractivity contribution in [3.8, 4) is 0 Å². The first kappa shape index (κ1) is 14.3. The summed E-state index contributed by atoms with van der Waals surface area (Å²) in [5, 5.41) is 12.1. The molecule has 0 aromatic heterocycles. The van der Waals surface area contributed by atoms with E-state index in [2.05, 4.69) is 5.32 Å². The molecule has 1 saturated carbocycles. The molecule has 1 saturated heterocycles. The van der Waals surface area contributed by atoms with Gasteiger partial charge >= 0.3 is 5.97 Å². The second-order valence-electron chi connectivity index (χ2n) is 5.78. The van der Waals surface area contributed by atoms with Crippen LogP contribution < -0.4 is 11.1 Å². The van der Waals surface area contributed by atoms with Gasteiger partial charge in [0.1, 0.15) is 5.54 Å². The fraction of sp³-hybridized carbons (Fsp3) is 0.846. The van der Waals surface area contributed by atoms with E-state index in [0.29, 0.717) is 39.0 Å². The predicted molar refractivity (Wildman–Crippen MR) is 68.5 cm³/mol. The van der Waals surface area contributed by atoms with Gasteiger partial charge in [0.25, 0.3) is 0 Å². The Morgan fingerprint density at radius 2 is 1.84 bits per heavy atom. The maximum absolute atomic E-state index is 12.1. The Balaban J connectivity index is 1.97. The lowest BCUT2D eigenvalue weighted by molar-refractivity contribution is -0.152. The Bertz CT molecular complexity index is 354. The van der Waals surface area contributed by atoms with Crippen LogP contribution in [0.15, 0.2) is 0 Å². The van der Waals surface area contributed by atoms with Crippen molar-refractivity contribution in [1.82, 2.24) is 5.32 Å². The van der Waals surface area contributed by atoms with E-state index in [1.807, 2.05) is 0 Å². The van der Waals surface area contributed by atoms with Gasteiger partial charge in [-0.05, 0) is 24.8 Å². The van der Waals surface area contributed by atoms with E-state index >= 15 is 0 Å². The zero-order valence-corrected chi connectivity index (χ0v) is 11.1. The second kappa shape index (κ2) is 5.46. The molecule has 108 valence electrons. The van der Waals surface area contributed by atoms with Crippen LogP contribution in [0.4, 0.5) is 0 Å². The number of amides is 1. The van der Waals surface area contributed by atoms with Crippen molar-refractivity contribution in [2.45, 2.75) is 44.1 Å². The van der Waals surface area contributed by atoms with Crippen LogP contribution >= 0.6 is 0 Å². The van der Waals surface area contributed by atoms with Gasteiger partial charge in [0.05, 0.1) is 0 Å². The van der Waals surface area contributed by atoms with Gasteiger partial charge in [-0.2, -0.15) is 0 Å². The van der Waals surface area contributed by atoms with Crippen molar-refractivity contribution in [3.63, 3.8) is 0 Å². The molecule has 0 bridgehead atoms. The largest absolute Gasteiger partial charge is 0.480 e. The molecule has 6 nitrogen and oxygen atoms in total. The Hall–Kier alpha value is -1.14. The van der Waals surface area contributed by atoms with Crippen LogP contribution in [0.25, 0.3) is 0 Å². The lowest BCUT2D eigenvalue weighted by Crippen LogP contribution is -2.58. The van der Waals surface area contributed by atoms with Crippen LogP contribution in [0, 0.1) is 5.41 Å². The average molecular weight is 270 g/mol. The molecule has 2 fully saturated rings. The van der Waals surface area contributed by atoms with Gasteiger partial charge in [-0.1, -0.05) is 6.42 Å². The van der Waals surface area contributed by atoms with Crippen LogP contribution in [0.3, 0.4) is 0 Å². The summed E-state index contributed by atoms with van der Waals surface area (Å²) in [5.74, 6) is -1.17.